The summed E-state index contributed by atoms with van der Waals surface area (Å²) < 4.78 is 27.7. The Bertz CT molecular complexity index is 1500. The van der Waals surface area contributed by atoms with E-state index in [9.17, 15) is 23.5 Å². The Morgan fingerprint density at radius 2 is 1.70 bits per heavy atom. The fourth-order valence-electron chi connectivity index (χ4n) is 6.77. The van der Waals surface area contributed by atoms with Gasteiger partial charge in [-0.25, -0.2) is 18.7 Å². The average molecular weight is 594 g/mol. The van der Waals surface area contributed by atoms with Gasteiger partial charge in [0.25, 0.3) is 0 Å². The van der Waals surface area contributed by atoms with Crippen molar-refractivity contribution in [3.05, 3.63) is 64.9 Å². The molecule has 1 aromatic carbocycles. The standard InChI is InChI=1S/C33H41F2N5O3/c1-20-12-21(2)37-30(36-20)31(3,4)15-24(41)16-33(18-40(19-33)23-8-10-32(5,43)11-9-23)17-29(42)28-14-27(38-39-28)25-7-6-22(34)13-26(25)35/h6-7,12-14,23,43H,8-11,15-19H2,1-5H3,(H,38,39). The van der Waals surface area contributed by atoms with Crippen molar-refractivity contribution in [2.24, 2.45) is 5.41 Å². The van der Waals surface area contributed by atoms with Crippen LogP contribution in [-0.2, 0) is 10.2 Å². The van der Waals surface area contributed by atoms with E-state index in [2.05, 4.69) is 25.1 Å². The highest BCUT2D eigenvalue weighted by Gasteiger charge is 2.49. The molecule has 3 aromatic rings. The summed E-state index contributed by atoms with van der Waals surface area (Å²) in [4.78, 5) is 38.7. The number of ketones is 2. The fourth-order valence-corrected chi connectivity index (χ4v) is 6.77. The van der Waals surface area contributed by atoms with Crippen LogP contribution in [0.15, 0.2) is 30.3 Å². The van der Waals surface area contributed by atoms with Crippen LogP contribution in [0.3, 0.4) is 0 Å². The quantitative estimate of drug-likeness (QED) is 0.292. The van der Waals surface area contributed by atoms with Crippen LogP contribution in [0.5, 0.6) is 0 Å². The molecule has 3 heterocycles. The molecule has 1 aliphatic heterocycles. The number of Topliss-reactive ketones (excluding diaryl/α,β-unsaturated/α-hetero) is 2. The molecule has 2 fully saturated rings. The maximum Gasteiger partial charge on any atom is 0.181 e. The van der Waals surface area contributed by atoms with Crippen LogP contribution in [0.2, 0.25) is 0 Å². The Morgan fingerprint density at radius 3 is 2.33 bits per heavy atom. The zero-order valence-electron chi connectivity index (χ0n) is 25.6. The number of carbonyl (C=O) groups is 2. The van der Waals surface area contributed by atoms with E-state index in [0.717, 1.165) is 49.2 Å². The number of aromatic nitrogens is 4. The molecule has 5 rings (SSSR count). The van der Waals surface area contributed by atoms with E-state index >= 15 is 0 Å². The van der Waals surface area contributed by atoms with Crippen LogP contribution in [0.1, 0.15) is 93.4 Å². The summed E-state index contributed by atoms with van der Waals surface area (Å²) >= 11 is 0. The lowest BCUT2D eigenvalue weighted by atomic mass is 9.68. The van der Waals surface area contributed by atoms with Gasteiger partial charge >= 0.3 is 0 Å². The molecule has 0 spiro atoms. The van der Waals surface area contributed by atoms with Gasteiger partial charge < -0.3 is 5.11 Å². The summed E-state index contributed by atoms with van der Waals surface area (Å²) in [6.45, 7) is 10.8. The molecular weight excluding hydrogens is 552 g/mol. The van der Waals surface area contributed by atoms with Crippen molar-refractivity contribution in [2.45, 2.75) is 96.6 Å². The SMILES string of the molecule is Cc1cc(C)nc(C(C)(C)CC(=O)CC2(CC(=O)c3cc(-c4ccc(F)cc4F)n[nH]3)CN(C3CCC(C)(O)CC3)C2)n1. The maximum absolute atomic E-state index is 14.3. The van der Waals surface area contributed by atoms with Gasteiger partial charge in [0.2, 0.25) is 0 Å². The molecule has 43 heavy (non-hydrogen) atoms. The summed E-state index contributed by atoms with van der Waals surface area (Å²) in [7, 11) is 0. The summed E-state index contributed by atoms with van der Waals surface area (Å²) in [5, 5.41) is 17.2. The first-order valence-electron chi connectivity index (χ1n) is 15.0. The van der Waals surface area contributed by atoms with Gasteiger partial charge in [-0.3, -0.25) is 19.6 Å². The summed E-state index contributed by atoms with van der Waals surface area (Å²) in [5.74, 6) is -0.985. The molecule has 0 amide bonds. The molecule has 0 bridgehead atoms. The summed E-state index contributed by atoms with van der Waals surface area (Å²) in [6, 6.07) is 6.91. The number of benzene rings is 1. The van der Waals surface area contributed by atoms with Crippen molar-refractivity contribution in [1.82, 2.24) is 25.1 Å². The first-order chi connectivity index (χ1) is 20.1. The van der Waals surface area contributed by atoms with E-state index < -0.39 is 28.1 Å². The molecule has 1 saturated heterocycles. The first kappa shape index (κ1) is 31.1. The molecule has 8 nitrogen and oxygen atoms in total. The lowest BCUT2D eigenvalue weighted by Gasteiger charge is -2.55. The molecule has 0 unspecified atom stereocenters. The maximum atomic E-state index is 14.3. The minimum absolute atomic E-state index is 0.0467. The van der Waals surface area contributed by atoms with Gasteiger partial charge in [-0.2, -0.15) is 5.10 Å². The van der Waals surface area contributed by atoms with Crippen LogP contribution in [0, 0.1) is 30.9 Å². The number of carbonyl (C=O) groups excluding carboxylic acids is 2. The Morgan fingerprint density at radius 1 is 1.05 bits per heavy atom. The van der Waals surface area contributed by atoms with Gasteiger partial charge in [0.1, 0.15) is 28.9 Å². The Hall–Kier alpha value is -3.37. The fraction of sp³-hybridized carbons (Fsp3) is 0.545. The predicted molar refractivity (Wildman–Crippen MR) is 159 cm³/mol. The normalized spacial score (nSPS) is 22.3. The molecular formula is C33H41F2N5O3. The zero-order valence-corrected chi connectivity index (χ0v) is 25.6. The molecule has 2 aromatic heterocycles. The number of aliphatic hydroxyl groups is 1. The lowest BCUT2D eigenvalue weighted by Crippen LogP contribution is -2.62. The van der Waals surface area contributed by atoms with Crippen LogP contribution in [-0.4, -0.2) is 66.5 Å². The van der Waals surface area contributed by atoms with Gasteiger partial charge in [0.05, 0.1) is 11.3 Å². The Labute approximate surface area is 251 Å². The molecule has 1 aliphatic carbocycles. The summed E-state index contributed by atoms with van der Waals surface area (Å²) in [6.07, 6.45) is 3.80. The first-order valence-corrected chi connectivity index (χ1v) is 15.0. The molecule has 1 saturated carbocycles. The van der Waals surface area contributed by atoms with Crippen molar-refractivity contribution in [1.29, 1.82) is 0 Å². The highest BCUT2D eigenvalue weighted by molar-refractivity contribution is 5.96. The molecule has 0 radical (unpaired) electrons. The third kappa shape index (κ3) is 7.07. The smallest absolute Gasteiger partial charge is 0.181 e. The Balaban J connectivity index is 1.32. The number of halogens is 2. The van der Waals surface area contributed by atoms with Gasteiger partial charge in [-0.15, -0.1) is 0 Å². The van der Waals surface area contributed by atoms with E-state index in [-0.39, 0.29) is 47.8 Å². The second-order valence-electron chi connectivity index (χ2n) is 13.8. The number of rotatable bonds is 10. The number of nitrogens with zero attached hydrogens (tertiary/aromatic N) is 4. The second kappa shape index (κ2) is 11.6. The predicted octanol–water partition coefficient (Wildman–Crippen LogP) is 5.66. The number of H-pyrrole nitrogens is 1. The zero-order chi connectivity index (χ0) is 31.2. The highest BCUT2D eigenvalue weighted by atomic mass is 19.1. The van der Waals surface area contributed by atoms with E-state index in [4.69, 9.17) is 0 Å². The van der Waals surface area contributed by atoms with Gasteiger partial charge in [0.15, 0.2) is 5.78 Å². The van der Waals surface area contributed by atoms with Crippen LogP contribution in [0.25, 0.3) is 11.3 Å². The van der Waals surface area contributed by atoms with Crippen LogP contribution < -0.4 is 0 Å². The van der Waals surface area contributed by atoms with Gasteiger partial charge in [-0.05, 0) is 70.7 Å². The highest BCUT2D eigenvalue weighted by Crippen LogP contribution is 2.44. The number of hydrogen-bond donors (Lipinski definition) is 2. The second-order valence-corrected chi connectivity index (χ2v) is 13.8. The number of hydrogen-bond acceptors (Lipinski definition) is 7. The van der Waals surface area contributed by atoms with Crippen molar-refractivity contribution in [3.63, 3.8) is 0 Å². The topological polar surface area (TPSA) is 112 Å². The largest absolute Gasteiger partial charge is 0.390 e. The van der Waals surface area contributed by atoms with Crippen molar-refractivity contribution in [2.75, 3.05) is 13.1 Å². The van der Waals surface area contributed by atoms with Gasteiger partial charge in [-0.1, -0.05) is 13.8 Å². The molecule has 0 atom stereocenters. The van der Waals surface area contributed by atoms with Gasteiger partial charge in [0, 0.05) is 72.2 Å². The van der Waals surface area contributed by atoms with E-state index in [1.807, 2.05) is 40.7 Å². The summed E-state index contributed by atoms with van der Waals surface area (Å²) in [5.41, 5.74) is 0.465. The average Bonchev–Trinajstić information content (AvgIpc) is 3.36. The van der Waals surface area contributed by atoms with Crippen molar-refractivity contribution in [3.8, 4) is 11.3 Å². The molecule has 230 valence electrons. The number of aromatic amines is 1. The third-order valence-electron chi connectivity index (χ3n) is 9.05. The van der Waals surface area contributed by atoms with E-state index in [0.29, 0.717) is 25.0 Å². The molecule has 2 aliphatic rings. The minimum atomic E-state index is -0.760. The molecule has 2 N–H and O–H groups in total. The van der Waals surface area contributed by atoms with Crippen LogP contribution >= 0.6 is 0 Å². The minimum Gasteiger partial charge on any atom is -0.390 e. The van der Waals surface area contributed by atoms with E-state index in [1.54, 1.807) is 0 Å². The van der Waals surface area contributed by atoms with E-state index in [1.165, 1.54) is 12.1 Å². The third-order valence-corrected chi connectivity index (χ3v) is 9.05. The monoisotopic (exact) mass is 593 g/mol. The number of nitrogens with one attached hydrogen (secondary N) is 1. The lowest BCUT2D eigenvalue weighted by molar-refractivity contribution is -0.128. The molecule has 10 heteroatoms. The van der Waals surface area contributed by atoms with Crippen molar-refractivity contribution < 1.29 is 23.5 Å². The van der Waals surface area contributed by atoms with Crippen molar-refractivity contribution >= 4 is 11.6 Å². The Kier molecular flexibility index (Phi) is 8.39. The van der Waals surface area contributed by atoms with Crippen LogP contribution in [0.4, 0.5) is 8.78 Å². The number of aryl methyl sites for hydroxylation is 2. The number of likely N-dealkylation sites (tertiary alicyclic amines) is 1.